The van der Waals surface area contributed by atoms with Crippen molar-refractivity contribution in [3.63, 3.8) is 0 Å². The minimum Gasteiger partial charge on any atom is -0.440 e. The number of hydrogen-bond acceptors (Lipinski definition) is 10. The molecule has 0 bridgehead atoms. The van der Waals surface area contributed by atoms with E-state index >= 15 is 0 Å². The van der Waals surface area contributed by atoms with Gasteiger partial charge >= 0.3 is 77.0 Å². The molecule has 0 saturated carbocycles. The van der Waals surface area contributed by atoms with Gasteiger partial charge in [-0.05, 0) is 144 Å². The highest BCUT2D eigenvalue weighted by Gasteiger charge is 2.50. The fourth-order valence-corrected chi connectivity index (χ4v) is 58.1. The lowest BCUT2D eigenvalue weighted by atomic mass is 11.9. The van der Waals surface area contributed by atoms with Crippen LogP contribution >= 0.6 is 0 Å². The van der Waals surface area contributed by atoms with Gasteiger partial charge in [-0.2, -0.15) is 0 Å². The van der Waals surface area contributed by atoms with Crippen molar-refractivity contribution in [3.8, 4) is 0 Å². The Morgan fingerprint density at radius 2 is 0.349 bits per heavy atom. The first kappa shape index (κ1) is 45.0. The van der Waals surface area contributed by atoms with Crippen molar-refractivity contribution in [3.05, 3.63) is 0 Å². The third kappa shape index (κ3) is 21.5. The minimum atomic E-state index is -2.65. The van der Waals surface area contributed by atoms with Gasteiger partial charge in [-0.25, -0.2) is 0 Å². The van der Waals surface area contributed by atoms with Crippen LogP contribution in [0.25, 0.3) is 0 Å². The second-order valence-corrected chi connectivity index (χ2v) is 53.6. The molecule has 0 atom stereocenters. The molecule has 10 nitrogen and oxygen atoms in total. The Kier molecular flexibility index (Phi) is 16.4. The van der Waals surface area contributed by atoms with Crippen molar-refractivity contribution in [2.24, 2.45) is 0 Å². The third-order valence-corrected chi connectivity index (χ3v) is 44.7. The van der Waals surface area contributed by atoms with Crippen LogP contribution in [-0.4, -0.2) is 95.1 Å². The van der Waals surface area contributed by atoms with E-state index in [-0.39, 0.29) is 0 Å². The zero-order valence-corrected chi connectivity index (χ0v) is 43.0. The van der Waals surface area contributed by atoms with Gasteiger partial charge in [0.2, 0.25) is 0 Å². The van der Waals surface area contributed by atoms with Crippen molar-refractivity contribution in [2.45, 2.75) is 144 Å². The lowest BCUT2D eigenvalue weighted by Crippen LogP contribution is -2.62. The summed E-state index contributed by atoms with van der Waals surface area (Å²) >= 11 is 0. The maximum atomic E-state index is 6.74. The monoisotopic (exact) mass is 800 g/mol. The summed E-state index contributed by atoms with van der Waals surface area (Å²) in [5.74, 6) is 0. The summed E-state index contributed by atoms with van der Waals surface area (Å²) in [6.45, 7) is 46.1. The molecular formula is C22H68O10Si11. The van der Waals surface area contributed by atoms with Gasteiger partial charge in [0.15, 0.2) is 18.1 Å². The second kappa shape index (κ2) is 15.7. The van der Waals surface area contributed by atoms with E-state index in [0.29, 0.717) is 0 Å². The van der Waals surface area contributed by atoms with E-state index < -0.39 is 95.1 Å². The predicted octanol–water partition coefficient (Wildman–Crippen LogP) is 7.44. The smallest absolute Gasteiger partial charge is 0.314 e. The Morgan fingerprint density at radius 3 is 0.465 bits per heavy atom. The van der Waals surface area contributed by atoms with E-state index in [2.05, 4.69) is 144 Å². The van der Waals surface area contributed by atoms with Gasteiger partial charge in [0.1, 0.15) is 0 Å². The van der Waals surface area contributed by atoms with E-state index in [1.165, 1.54) is 0 Å². The fraction of sp³-hybridized carbons (Fsp3) is 1.00. The maximum absolute atomic E-state index is 6.74. The SMILES string of the molecule is C[SiH](C)O[Si](C)(C)O[Si](C)(C)O[Si](C)(C)O[Si](C)(C)O[Si](C)(C)O[Si](C)(C)O[Si](C)(C)O[Si](C)(C)O[Si](C)(C)O[SiH](C)C. The van der Waals surface area contributed by atoms with Crippen LogP contribution in [0.15, 0.2) is 0 Å². The summed E-state index contributed by atoms with van der Waals surface area (Å²) < 4.78 is 65.8. The molecule has 0 rings (SSSR count). The standard InChI is InChI=1S/C22H68O10Si11/c1-33(2)23-35(5,6)25-37(9,10)27-39(13,14)29-41(17,18)31-43(21,22)32-42(19,20)30-40(15,16)28-38(11,12)26-36(7,8)24-34(3)4/h33-34H,1-22H3. The van der Waals surface area contributed by atoms with Gasteiger partial charge in [-0.1, -0.05) is 0 Å². The molecule has 0 aliphatic heterocycles. The first-order chi connectivity index (χ1) is 18.5. The van der Waals surface area contributed by atoms with Crippen LogP contribution in [-0.2, 0) is 41.2 Å². The van der Waals surface area contributed by atoms with Crippen LogP contribution in [0.3, 0.4) is 0 Å². The minimum absolute atomic E-state index is 1.21. The van der Waals surface area contributed by atoms with Crippen LogP contribution in [0.4, 0.5) is 0 Å². The molecule has 0 unspecified atom stereocenters. The molecule has 0 aliphatic rings. The molecule has 21 heteroatoms. The molecular weight excluding hydrogens is 733 g/mol. The Balaban J connectivity index is 5.44. The third-order valence-electron chi connectivity index (χ3n) is 4.97. The van der Waals surface area contributed by atoms with Crippen LogP contribution in [0.2, 0.25) is 144 Å². The van der Waals surface area contributed by atoms with Gasteiger partial charge in [-0.15, -0.1) is 0 Å². The number of hydrogen-bond donors (Lipinski definition) is 0. The van der Waals surface area contributed by atoms with E-state index in [9.17, 15) is 0 Å². The highest BCUT2D eigenvalue weighted by atomic mass is 28.5. The van der Waals surface area contributed by atoms with E-state index in [1.807, 2.05) is 0 Å². The molecule has 43 heavy (non-hydrogen) atoms. The fourth-order valence-electron chi connectivity index (χ4n) is 6.06. The molecule has 0 heterocycles. The summed E-state index contributed by atoms with van der Waals surface area (Å²) in [5.41, 5.74) is 0. The Hall–Kier alpha value is 1.99. The van der Waals surface area contributed by atoms with Crippen LogP contribution in [0, 0.1) is 0 Å². The lowest BCUT2D eigenvalue weighted by Gasteiger charge is -2.44. The largest absolute Gasteiger partial charge is 0.440 e. The van der Waals surface area contributed by atoms with Gasteiger partial charge in [0.25, 0.3) is 0 Å². The molecule has 0 aliphatic carbocycles. The summed E-state index contributed by atoms with van der Waals surface area (Å²) in [4.78, 5) is 0. The molecule has 0 radical (unpaired) electrons. The zero-order chi connectivity index (χ0) is 34.7. The number of rotatable bonds is 20. The second-order valence-electron chi connectivity index (χ2n) is 15.7. The van der Waals surface area contributed by atoms with Crippen molar-refractivity contribution in [1.29, 1.82) is 0 Å². The Labute approximate surface area is 278 Å². The average Bonchev–Trinajstić information content (AvgIpc) is 2.47. The van der Waals surface area contributed by atoms with E-state index in [1.54, 1.807) is 0 Å². The average molecular weight is 802 g/mol. The lowest BCUT2D eigenvalue weighted by molar-refractivity contribution is 0.255. The summed E-state index contributed by atoms with van der Waals surface area (Å²) in [5, 5.41) is 0. The topological polar surface area (TPSA) is 92.3 Å². The van der Waals surface area contributed by atoms with Crippen molar-refractivity contribution >= 4 is 95.1 Å². The zero-order valence-electron chi connectivity index (χ0n) is 31.7. The molecule has 0 amide bonds. The van der Waals surface area contributed by atoms with Gasteiger partial charge < -0.3 is 41.2 Å². The van der Waals surface area contributed by atoms with E-state index in [0.717, 1.165) is 0 Å². The Morgan fingerprint density at radius 1 is 0.233 bits per heavy atom. The van der Waals surface area contributed by atoms with Gasteiger partial charge in [0.05, 0.1) is 0 Å². The molecule has 0 spiro atoms. The first-order valence-corrected chi connectivity index (χ1v) is 46.4. The quantitative estimate of drug-likeness (QED) is 0.116. The van der Waals surface area contributed by atoms with Crippen LogP contribution in [0.1, 0.15) is 0 Å². The molecule has 260 valence electrons. The molecule has 0 aromatic carbocycles. The summed E-state index contributed by atoms with van der Waals surface area (Å²) in [6.07, 6.45) is 0. The molecule has 0 aromatic heterocycles. The normalized spacial score (nSPS) is 15.6. The van der Waals surface area contributed by atoms with Crippen LogP contribution in [0.5, 0.6) is 0 Å². The highest BCUT2D eigenvalue weighted by Crippen LogP contribution is 2.30. The molecule has 0 fully saturated rings. The Bertz CT molecular complexity index is 814. The summed E-state index contributed by atoms with van der Waals surface area (Å²) in [6, 6.07) is 0. The molecule has 0 aromatic rings. The first-order valence-electron chi connectivity index (χ1n) is 15.5. The maximum Gasteiger partial charge on any atom is 0.314 e. The highest BCUT2D eigenvalue weighted by molar-refractivity contribution is 6.92. The predicted molar refractivity (Wildman–Crippen MR) is 206 cm³/mol. The van der Waals surface area contributed by atoms with Gasteiger partial charge in [0, 0.05) is 0 Å². The van der Waals surface area contributed by atoms with Gasteiger partial charge in [-0.3, -0.25) is 0 Å². The van der Waals surface area contributed by atoms with Crippen molar-refractivity contribution in [2.75, 3.05) is 0 Å². The van der Waals surface area contributed by atoms with Crippen molar-refractivity contribution < 1.29 is 41.2 Å². The van der Waals surface area contributed by atoms with Crippen LogP contribution < -0.4 is 0 Å². The molecule has 0 N–H and O–H groups in total. The molecule has 0 saturated heterocycles. The summed E-state index contributed by atoms with van der Waals surface area (Å²) in [7, 11) is -25.1. The van der Waals surface area contributed by atoms with Crippen molar-refractivity contribution in [1.82, 2.24) is 0 Å². The van der Waals surface area contributed by atoms with E-state index in [4.69, 9.17) is 41.2 Å².